The minimum atomic E-state index is -1.87. The second-order valence-electron chi connectivity index (χ2n) is 33.4. The Morgan fingerprint density at radius 3 is 0.924 bits per heavy atom. The maximum Gasteiger partial charge on any atom is 0.327 e. The number of carbonyl (C=O) groups is 10. The highest BCUT2D eigenvalue weighted by molar-refractivity contribution is 6.45. The minimum absolute atomic E-state index is 0.00554. The smallest absolute Gasteiger partial charge is 0.327 e. The van der Waals surface area contributed by atoms with Crippen molar-refractivity contribution >= 4 is 102 Å². The molecule has 0 spiro atoms. The van der Waals surface area contributed by atoms with Crippen molar-refractivity contribution < 1.29 is 91.3 Å². The Bertz CT molecular complexity index is 6540. The Balaban J connectivity index is 0.860. The summed E-state index contributed by atoms with van der Waals surface area (Å²) in [4.78, 5) is 160. The molecule has 27 nitrogen and oxygen atoms in total. The fourth-order valence-electron chi connectivity index (χ4n) is 17.7. The first kappa shape index (κ1) is 82.8. The van der Waals surface area contributed by atoms with Gasteiger partial charge in [-0.3, -0.25) is 58.1 Å². The molecule has 0 aliphatic carbocycles. The largest absolute Gasteiger partial charge is 0.480 e. The number of benzene rings is 13. The van der Waals surface area contributed by atoms with Crippen LogP contribution in [0.1, 0.15) is 105 Å². The van der Waals surface area contributed by atoms with Crippen molar-refractivity contribution in [3.05, 3.63) is 334 Å². The first-order valence-electron chi connectivity index (χ1n) is 43.1. The molecule has 15 aromatic rings. The first-order valence-corrected chi connectivity index (χ1v) is 43.1. The van der Waals surface area contributed by atoms with Gasteiger partial charge in [-0.05, 0) is 212 Å². The number of nitrogens with one attached hydrogen (secondary N) is 4. The normalized spacial score (nSPS) is 16.7. The van der Waals surface area contributed by atoms with E-state index in [4.69, 9.17) is 33.2 Å². The zero-order chi connectivity index (χ0) is 90.1. The summed E-state index contributed by atoms with van der Waals surface area (Å²) in [5.41, 5.74) is 7.24. The third kappa shape index (κ3) is 16.5. The fraction of sp³-hybridized carbons (Fsp3) is 0.162. The van der Waals surface area contributed by atoms with Gasteiger partial charge in [0.15, 0.2) is 0 Å². The number of pyridine rings is 2. The van der Waals surface area contributed by atoms with Crippen molar-refractivity contribution in [3.8, 4) is 79.0 Å². The van der Waals surface area contributed by atoms with Crippen LogP contribution in [0.5, 0.6) is 34.5 Å². The maximum atomic E-state index is 16.7. The zero-order valence-corrected chi connectivity index (χ0v) is 70.3. The van der Waals surface area contributed by atoms with Gasteiger partial charge in [-0.2, -0.15) is 0 Å². The third-order valence-corrected chi connectivity index (χ3v) is 24.5. The molecule has 6 aliphatic heterocycles. The molecule has 652 valence electrons. The number of fused-ring (bicyclic) bond motifs is 2. The number of carboxylic acid groups (broad SMARTS) is 2. The lowest BCUT2D eigenvalue weighted by atomic mass is 9.78. The average molecular weight is 1760 g/mol. The molecule has 4 fully saturated rings. The van der Waals surface area contributed by atoms with Crippen molar-refractivity contribution in [2.75, 3.05) is 52.6 Å². The Hall–Kier alpha value is -16.2. The molecule has 6 N–H and O–H groups in total. The summed E-state index contributed by atoms with van der Waals surface area (Å²) >= 11 is 0. The van der Waals surface area contributed by atoms with Gasteiger partial charge in [0.05, 0.1) is 67.5 Å². The predicted octanol–water partition coefficient (Wildman–Crippen LogP) is 15.3. The molecule has 0 bridgehead atoms. The monoisotopic (exact) mass is 1750 g/mol. The van der Waals surface area contributed by atoms with Crippen LogP contribution in [-0.4, -0.2) is 178 Å². The first-order chi connectivity index (χ1) is 64.3. The molecule has 6 unspecified atom stereocenters. The number of carboxylic acids is 2. The van der Waals surface area contributed by atoms with Crippen LogP contribution in [0.3, 0.4) is 0 Å². The van der Waals surface area contributed by atoms with Crippen molar-refractivity contribution in [2.24, 2.45) is 0 Å². The quantitative estimate of drug-likeness (QED) is 0.00987. The number of aromatic nitrogens is 2. The summed E-state index contributed by atoms with van der Waals surface area (Å²) in [6, 6.07) is 65.1. The van der Waals surface area contributed by atoms with Gasteiger partial charge in [0.1, 0.15) is 46.6 Å². The number of ether oxygens (including phenoxy) is 7. The van der Waals surface area contributed by atoms with Crippen molar-refractivity contribution in [1.82, 2.24) is 41.0 Å². The highest BCUT2D eigenvalue weighted by atomic mass is 16.6. The number of nitrogens with zero attached hydrogens (tertiary/aromatic N) is 4. The van der Waals surface area contributed by atoms with Gasteiger partial charge in [0, 0.05) is 129 Å². The summed E-state index contributed by atoms with van der Waals surface area (Å²) < 4.78 is 44.2. The number of amides is 8. The Morgan fingerprint density at radius 1 is 0.326 bits per heavy atom. The SMILES string of the molecule is O=C(NCC1CO1)c1cccc(-c2cccc(Cc3cc4c5c(cc(Oc6cccc(-c7cccc(C(=O)NCC8CO8)c7)c6)c6c7c(Oc8cccc(-c9cccc(C(=O)NCC%10CO%10)c9)c8)cc8c9c(cc(Oc%10cccc(-c%11cccc(C(=O)NCC%12CO%12)c%11)c%10)c(c3c56)c97)C(=O)N(C(Cc3ccncc3)C(=O)O)C8=O)C(=O)N(C(Cc3ccncc3)C(=O)O)C4=O)c2)c1. The Kier molecular flexibility index (Phi) is 21.6. The van der Waals surface area contributed by atoms with Crippen molar-refractivity contribution in [3.63, 3.8) is 0 Å². The molecule has 4 saturated heterocycles. The van der Waals surface area contributed by atoms with E-state index in [9.17, 15) is 39.0 Å². The number of hydrogen-bond acceptors (Lipinski definition) is 19. The van der Waals surface area contributed by atoms with Gasteiger partial charge in [-0.1, -0.05) is 109 Å². The van der Waals surface area contributed by atoms with E-state index in [1.165, 1.54) is 43.0 Å². The zero-order valence-electron chi connectivity index (χ0n) is 70.3. The van der Waals surface area contributed by atoms with E-state index in [2.05, 4.69) is 31.2 Å². The molecule has 8 amide bonds. The highest BCUT2D eigenvalue weighted by Crippen LogP contribution is 2.58. The Morgan fingerprint density at radius 2 is 0.606 bits per heavy atom. The summed E-state index contributed by atoms with van der Waals surface area (Å²) in [7, 11) is 0. The molecular formula is C105H78N8O19. The number of aliphatic carboxylic acids is 2. The van der Waals surface area contributed by atoms with Crippen LogP contribution in [0.4, 0.5) is 0 Å². The summed E-state index contributed by atoms with van der Waals surface area (Å²) in [6.45, 7) is 3.34. The van der Waals surface area contributed by atoms with Crippen molar-refractivity contribution in [1.29, 1.82) is 0 Å². The molecule has 2 aromatic heterocycles. The van der Waals surface area contributed by atoms with Crippen LogP contribution in [0, 0.1) is 0 Å². The van der Waals surface area contributed by atoms with Gasteiger partial charge in [-0.15, -0.1) is 0 Å². The van der Waals surface area contributed by atoms with Crippen LogP contribution >= 0.6 is 0 Å². The number of imide groups is 2. The summed E-state index contributed by atoms with van der Waals surface area (Å²) in [5.74, 6) is -8.41. The molecule has 0 saturated carbocycles. The van der Waals surface area contributed by atoms with Gasteiger partial charge in [0.25, 0.3) is 47.3 Å². The standard InChI is InChI=1S/C105H78N8O19/c114-96(108-48-75-52-126-75)67-18-2-11-60(37-67)59-10-1-9-58(33-59)34-71-44-79-89-80(101(119)112(100(79)118)83(104(122)123)35-56-25-29-106-30-26-56)46-86(131-73-23-7-16-65(42-73)62-13-4-20-69(39-62)98(116)110-50-77-54-128-77)92-93-87(132-74-24-8-17-66(43-74)63-14-5-21-70(40-63)99(117)111-51-78-55-129-78)47-82-90-81(102(120)113(103(82)121)84(105(124)125)36-57-27-31-107-32-28-57)45-85(91(95(90)93)88(71)94(89)92)130-72-22-6-15-64(41-72)61-12-3-19-68(38-61)97(115)109-49-76-53-127-76/h1-33,37-47,75-78,83-84H,34-36,48-55H2,(H,108,114)(H,109,115)(H,110,116)(H,111,117)(H,122,123)(H,124,125). The second-order valence-corrected chi connectivity index (χ2v) is 33.4. The average Bonchev–Trinajstić information content (AvgIpc) is 1.21. The van der Waals surface area contributed by atoms with E-state index in [-0.39, 0.29) is 167 Å². The lowest BCUT2D eigenvalue weighted by Crippen LogP contribution is -2.51. The lowest BCUT2D eigenvalue weighted by molar-refractivity contribution is -0.142. The molecule has 6 atom stereocenters. The molecule has 8 heterocycles. The molecule has 27 heteroatoms. The molecule has 132 heavy (non-hydrogen) atoms. The van der Waals surface area contributed by atoms with Gasteiger partial charge in [0.2, 0.25) is 0 Å². The van der Waals surface area contributed by atoms with Crippen LogP contribution < -0.4 is 35.5 Å². The van der Waals surface area contributed by atoms with Crippen LogP contribution in [0.25, 0.3) is 87.6 Å². The summed E-state index contributed by atoms with van der Waals surface area (Å²) in [5, 5.41) is 35.8. The minimum Gasteiger partial charge on any atom is -0.480 e. The summed E-state index contributed by atoms with van der Waals surface area (Å²) in [6.07, 6.45) is 4.65. The Labute approximate surface area is 752 Å². The second kappa shape index (κ2) is 34.4. The molecule has 0 radical (unpaired) electrons. The molecule has 13 aromatic carbocycles. The molecule has 6 aliphatic rings. The fourth-order valence-corrected chi connectivity index (χ4v) is 17.7. The van der Waals surface area contributed by atoms with E-state index in [0.717, 1.165) is 9.80 Å². The van der Waals surface area contributed by atoms with E-state index < -0.39 is 47.7 Å². The van der Waals surface area contributed by atoms with E-state index in [0.29, 0.717) is 142 Å². The number of hydrogen-bond donors (Lipinski definition) is 6. The third-order valence-electron chi connectivity index (χ3n) is 24.5. The van der Waals surface area contributed by atoms with Gasteiger partial charge < -0.3 is 64.6 Å². The van der Waals surface area contributed by atoms with Crippen LogP contribution in [0.2, 0.25) is 0 Å². The maximum absolute atomic E-state index is 16.7. The van der Waals surface area contributed by atoms with Gasteiger partial charge in [-0.25, -0.2) is 9.59 Å². The van der Waals surface area contributed by atoms with Gasteiger partial charge >= 0.3 is 11.9 Å². The van der Waals surface area contributed by atoms with E-state index in [1.807, 2.05) is 66.7 Å². The number of carbonyl (C=O) groups excluding carboxylic acids is 8. The van der Waals surface area contributed by atoms with E-state index >= 15 is 19.2 Å². The van der Waals surface area contributed by atoms with E-state index in [1.54, 1.807) is 158 Å². The molecule has 21 rings (SSSR count). The molecular weight excluding hydrogens is 1680 g/mol. The highest BCUT2D eigenvalue weighted by Gasteiger charge is 2.47. The van der Waals surface area contributed by atoms with Crippen LogP contribution in [-0.2, 0) is 47.8 Å². The van der Waals surface area contributed by atoms with Crippen molar-refractivity contribution in [2.45, 2.75) is 55.8 Å². The predicted molar refractivity (Wildman–Crippen MR) is 486 cm³/mol. The number of rotatable bonds is 32. The topological polar surface area (TPSA) is 369 Å². The lowest BCUT2D eigenvalue weighted by Gasteiger charge is -2.35. The number of epoxide rings is 4. The van der Waals surface area contributed by atoms with Crippen LogP contribution in [0.15, 0.2) is 267 Å².